The molecule has 0 fully saturated rings. The molecule has 0 amide bonds. The summed E-state index contributed by atoms with van der Waals surface area (Å²) in [5, 5.41) is 4.57. The molecule has 0 bridgehead atoms. The number of aromatic nitrogens is 2. The molecule has 0 aliphatic heterocycles. The van der Waals surface area contributed by atoms with Crippen LogP contribution >= 0.6 is 11.3 Å². The van der Waals surface area contributed by atoms with Crippen LogP contribution in [0.25, 0.3) is 10.2 Å². The molecule has 1 atom stereocenters. The maximum Gasteiger partial charge on any atom is 0.159 e. The third kappa shape index (κ3) is 2.69. The minimum atomic E-state index is 0.0759. The minimum absolute atomic E-state index is 0.0759. The van der Waals surface area contributed by atoms with E-state index in [0.717, 1.165) is 40.7 Å². The number of benzene rings is 1. The average Bonchev–Trinajstić information content (AvgIpc) is 2.93. The van der Waals surface area contributed by atoms with Gasteiger partial charge in [-0.05, 0) is 61.9 Å². The van der Waals surface area contributed by atoms with Gasteiger partial charge < -0.3 is 5.32 Å². The molecule has 1 aliphatic carbocycles. The molecule has 1 N–H and O–H groups in total. The Morgan fingerprint density at radius 1 is 1.25 bits per heavy atom. The number of aryl methyl sites for hydroxylation is 1. The van der Waals surface area contributed by atoms with Crippen LogP contribution < -0.4 is 5.32 Å². The lowest BCUT2D eigenvalue weighted by Gasteiger charge is -2.18. The second-order valence-electron chi connectivity index (χ2n) is 6.51. The van der Waals surface area contributed by atoms with E-state index in [9.17, 15) is 4.79 Å². The van der Waals surface area contributed by atoms with E-state index in [2.05, 4.69) is 22.2 Å². The van der Waals surface area contributed by atoms with E-state index in [1.807, 2.05) is 24.3 Å². The smallest absolute Gasteiger partial charge is 0.159 e. The molecule has 4 nitrogen and oxygen atoms in total. The van der Waals surface area contributed by atoms with Gasteiger partial charge in [0.25, 0.3) is 0 Å². The van der Waals surface area contributed by atoms with Crippen LogP contribution in [-0.2, 0) is 12.8 Å². The number of fused-ring (bicyclic) bond motifs is 3. The normalized spacial score (nSPS) is 16.8. The number of nitrogens with zero attached hydrogens (tertiary/aromatic N) is 2. The average molecular weight is 337 g/mol. The van der Waals surface area contributed by atoms with Crippen molar-refractivity contribution in [1.29, 1.82) is 0 Å². The third-order valence-corrected chi connectivity index (χ3v) is 5.81. The Morgan fingerprint density at radius 2 is 2.04 bits per heavy atom. The summed E-state index contributed by atoms with van der Waals surface area (Å²) < 4.78 is 0. The van der Waals surface area contributed by atoms with Gasteiger partial charge in [0.15, 0.2) is 5.78 Å². The number of hydrogen-bond acceptors (Lipinski definition) is 5. The van der Waals surface area contributed by atoms with Gasteiger partial charge in [-0.15, -0.1) is 11.3 Å². The SMILES string of the molecule is CC(=O)c1ccc(Nc2ncnc3sc4c(c23)CC[C@H](C)C4)cc1. The first kappa shape index (κ1) is 15.3. The molecule has 5 heteroatoms. The van der Waals surface area contributed by atoms with E-state index in [-0.39, 0.29) is 5.78 Å². The first-order valence-corrected chi connectivity index (χ1v) is 9.06. The molecule has 3 aromatic rings. The zero-order valence-electron chi connectivity index (χ0n) is 13.8. The minimum Gasteiger partial charge on any atom is -0.340 e. The Hall–Kier alpha value is -2.27. The van der Waals surface area contributed by atoms with Crippen LogP contribution in [0.15, 0.2) is 30.6 Å². The lowest BCUT2D eigenvalue weighted by Crippen LogP contribution is -2.09. The molecular weight excluding hydrogens is 318 g/mol. The second-order valence-corrected chi connectivity index (χ2v) is 7.60. The Balaban J connectivity index is 1.73. The number of carbonyl (C=O) groups excluding carboxylic acids is 1. The zero-order chi connectivity index (χ0) is 16.7. The van der Waals surface area contributed by atoms with Crippen molar-refractivity contribution < 1.29 is 4.79 Å². The van der Waals surface area contributed by atoms with E-state index in [1.165, 1.54) is 22.2 Å². The summed E-state index contributed by atoms with van der Waals surface area (Å²) in [6, 6.07) is 7.53. The number of ketones is 1. The molecule has 0 unspecified atom stereocenters. The fraction of sp³-hybridized carbons (Fsp3) is 0.316. The summed E-state index contributed by atoms with van der Waals surface area (Å²) >= 11 is 1.80. The molecule has 0 saturated carbocycles. The number of nitrogens with one attached hydrogen (secondary N) is 1. The van der Waals surface area contributed by atoms with Crippen LogP contribution in [0.4, 0.5) is 11.5 Å². The highest BCUT2D eigenvalue weighted by atomic mass is 32.1. The number of thiophene rings is 1. The molecule has 0 radical (unpaired) electrons. The number of rotatable bonds is 3. The molecule has 2 aromatic heterocycles. The van der Waals surface area contributed by atoms with Crippen LogP contribution in [-0.4, -0.2) is 15.8 Å². The van der Waals surface area contributed by atoms with Crippen LogP contribution in [0.5, 0.6) is 0 Å². The van der Waals surface area contributed by atoms with Gasteiger partial charge >= 0.3 is 0 Å². The van der Waals surface area contributed by atoms with E-state index >= 15 is 0 Å². The first-order chi connectivity index (χ1) is 11.6. The van der Waals surface area contributed by atoms with Gasteiger partial charge in [-0.2, -0.15) is 0 Å². The van der Waals surface area contributed by atoms with Crippen molar-refractivity contribution in [3.8, 4) is 0 Å². The van der Waals surface area contributed by atoms with Gasteiger partial charge in [-0.3, -0.25) is 4.79 Å². The van der Waals surface area contributed by atoms with Crippen molar-refractivity contribution in [3.05, 3.63) is 46.6 Å². The van der Waals surface area contributed by atoms with Crippen LogP contribution in [0, 0.1) is 5.92 Å². The Kier molecular flexibility index (Phi) is 3.81. The lowest BCUT2D eigenvalue weighted by molar-refractivity contribution is 0.101. The zero-order valence-corrected chi connectivity index (χ0v) is 14.6. The monoisotopic (exact) mass is 337 g/mol. The predicted octanol–water partition coefficient (Wildman–Crippen LogP) is 4.76. The van der Waals surface area contributed by atoms with E-state index < -0.39 is 0 Å². The van der Waals surface area contributed by atoms with Crippen molar-refractivity contribution >= 4 is 38.8 Å². The molecule has 1 aromatic carbocycles. The van der Waals surface area contributed by atoms with Gasteiger partial charge in [-0.1, -0.05) is 6.92 Å². The summed E-state index contributed by atoms with van der Waals surface area (Å²) in [6.45, 7) is 3.89. The molecule has 2 heterocycles. The number of carbonyl (C=O) groups is 1. The molecule has 1 aliphatic rings. The number of anilines is 2. The summed E-state index contributed by atoms with van der Waals surface area (Å²) in [4.78, 5) is 22.9. The second kappa shape index (κ2) is 5.98. The maximum atomic E-state index is 11.4. The number of Topliss-reactive ketones (excluding diaryl/α,β-unsaturated/α-hetero) is 1. The fourth-order valence-electron chi connectivity index (χ4n) is 3.29. The topological polar surface area (TPSA) is 54.9 Å². The summed E-state index contributed by atoms with van der Waals surface area (Å²) in [5.74, 6) is 1.68. The lowest BCUT2D eigenvalue weighted by atomic mass is 9.89. The highest BCUT2D eigenvalue weighted by Gasteiger charge is 2.23. The summed E-state index contributed by atoms with van der Waals surface area (Å²) in [7, 11) is 0. The van der Waals surface area contributed by atoms with Crippen molar-refractivity contribution in [3.63, 3.8) is 0 Å². The van der Waals surface area contributed by atoms with Crippen molar-refractivity contribution in [1.82, 2.24) is 9.97 Å². The highest BCUT2D eigenvalue weighted by molar-refractivity contribution is 7.19. The standard InChI is InChI=1S/C19H19N3OS/c1-11-3-8-15-16(9-11)24-19-17(15)18(20-10-21-19)22-14-6-4-13(5-7-14)12(2)23/h4-7,10-11H,3,8-9H2,1-2H3,(H,20,21,22)/t11-/m0/s1. The quantitative estimate of drug-likeness (QED) is 0.700. The van der Waals surface area contributed by atoms with E-state index in [0.29, 0.717) is 0 Å². The van der Waals surface area contributed by atoms with E-state index in [4.69, 9.17) is 0 Å². The first-order valence-electron chi connectivity index (χ1n) is 8.25. The summed E-state index contributed by atoms with van der Waals surface area (Å²) in [6.07, 6.45) is 5.09. The van der Waals surface area contributed by atoms with Gasteiger partial charge in [0, 0.05) is 16.1 Å². The Labute approximate surface area is 145 Å². The van der Waals surface area contributed by atoms with Crippen molar-refractivity contribution in [2.24, 2.45) is 5.92 Å². The maximum absolute atomic E-state index is 11.4. The van der Waals surface area contributed by atoms with Crippen LogP contribution in [0.3, 0.4) is 0 Å². The van der Waals surface area contributed by atoms with Gasteiger partial charge in [-0.25, -0.2) is 9.97 Å². The molecule has 4 rings (SSSR count). The fourth-order valence-corrected chi connectivity index (χ4v) is 4.65. The van der Waals surface area contributed by atoms with Gasteiger partial charge in [0.2, 0.25) is 0 Å². The molecule has 0 spiro atoms. The predicted molar refractivity (Wildman–Crippen MR) is 98.3 cm³/mol. The Bertz CT molecular complexity index is 914. The Morgan fingerprint density at radius 3 is 2.79 bits per heavy atom. The van der Waals surface area contributed by atoms with Crippen molar-refractivity contribution in [2.45, 2.75) is 33.1 Å². The summed E-state index contributed by atoms with van der Waals surface area (Å²) in [5.41, 5.74) is 3.07. The van der Waals surface area contributed by atoms with Gasteiger partial charge in [0.05, 0.1) is 5.39 Å². The van der Waals surface area contributed by atoms with Crippen LogP contribution in [0.1, 0.15) is 41.1 Å². The van der Waals surface area contributed by atoms with Crippen LogP contribution in [0.2, 0.25) is 0 Å². The number of hydrogen-bond donors (Lipinski definition) is 1. The molecule has 24 heavy (non-hydrogen) atoms. The van der Waals surface area contributed by atoms with Gasteiger partial charge in [0.1, 0.15) is 17.0 Å². The third-order valence-electron chi connectivity index (χ3n) is 4.65. The largest absolute Gasteiger partial charge is 0.340 e. The molecule has 0 saturated heterocycles. The van der Waals surface area contributed by atoms with Crippen molar-refractivity contribution in [2.75, 3.05) is 5.32 Å². The molecule has 122 valence electrons. The highest BCUT2D eigenvalue weighted by Crippen LogP contribution is 2.40. The molecular formula is C19H19N3OS. The van der Waals surface area contributed by atoms with E-state index in [1.54, 1.807) is 24.6 Å².